The number of fused-ring (bicyclic) bond motifs is 1. The van der Waals surface area contributed by atoms with Crippen molar-refractivity contribution in [2.75, 3.05) is 11.9 Å². The van der Waals surface area contributed by atoms with Crippen LogP contribution in [0, 0.1) is 0 Å². The van der Waals surface area contributed by atoms with Gasteiger partial charge >= 0.3 is 0 Å². The Bertz CT molecular complexity index is 491. The van der Waals surface area contributed by atoms with E-state index in [0.717, 1.165) is 31.8 Å². The predicted molar refractivity (Wildman–Crippen MR) is 67.9 cm³/mol. The number of furan rings is 1. The Morgan fingerprint density at radius 2 is 2.24 bits per heavy atom. The number of hydrogen-bond donors (Lipinski definition) is 2. The van der Waals surface area contributed by atoms with Crippen molar-refractivity contribution in [2.24, 2.45) is 0 Å². The van der Waals surface area contributed by atoms with E-state index < -0.39 is 0 Å². The number of hydrogen-bond acceptors (Lipinski definition) is 3. The smallest absolute Gasteiger partial charge is 0.117 e. The molecule has 88 valence electrons. The summed E-state index contributed by atoms with van der Waals surface area (Å²) in [7, 11) is 0. The highest BCUT2D eigenvalue weighted by Crippen LogP contribution is 2.23. The normalized spacial score (nSPS) is 13.4. The highest BCUT2D eigenvalue weighted by molar-refractivity contribution is 5.56. The standard InChI is InChI=1S/C14H16N2O/c1-2-13(17-7-1)10-15-9-11-3-4-12-5-6-16-14(12)8-11/h1-4,7-8,15-16H,5-6,9-10H2. The minimum atomic E-state index is 0.775. The van der Waals surface area contributed by atoms with Crippen LogP contribution in [0.3, 0.4) is 0 Å². The van der Waals surface area contributed by atoms with Crippen LogP contribution in [0.2, 0.25) is 0 Å². The first-order valence-corrected chi connectivity index (χ1v) is 6.00. The van der Waals surface area contributed by atoms with Crippen molar-refractivity contribution < 1.29 is 4.42 Å². The van der Waals surface area contributed by atoms with E-state index in [4.69, 9.17) is 4.42 Å². The molecule has 0 unspecified atom stereocenters. The van der Waals surface area contributed by atoms with Crippen molar-refractivity contribution in [3.8, 4) is 0 Å². The number of nitrogens with one attached hydrogen (secondary N) is 2. The lowest BCUT2D eigenvalue weighted by atomic mass is 10.1. The Kier molecular flexibility index (Phi) is 2.84. The largest absolute Gasteiger partial charge is 0.468 e. The molecular weight excluding hydrogens is 212 g/mol. The van der Waals surface area contributed by atoms with Gasteiger partial charge in [-0.25, -0.2) is 0 Å². The SMILES string of the molecule is c1coc(CNCc2ccc3c(c2)NCC3)c1. The van der Waals surface area contributed by atoms with E-state index in [0.29, 0.717) is 0 Å². The van der Waals surface area contributed by atoms with Crippen LogP contribution < -0.4 is 10.6 Å². The van der Waals surface area contributed by atoms with Crippen molar-refractivity contribution in [3.63, 3.8) is 0 Å². The molecule has 1 aliphatic rings. The van der Waals surface area contributed by atoms with Gasteiger partial charge in [0, 0.05) is 18.8 Å². The van der Waals surface area contributed by atoms with Crippen LogP contribution in [0.1, 0.15) is 16.9 Å². The summed E-state index contributed by atoms with van der Waals surface area (Å²) in [6, 6.07) is 10.5. The Labute approximate surface area is 101 Å². The summed E-state index contributed by atoms with van der Waals surface area (Å²) in [6.07, 6.45) is 2.85. The average Bonchev–Trinajstić information content (AvgIpc) is 2.98. The Morgan fingerprint density at radius 3 is 3.12 bits per heavy atom. The third-order valence-electron chi connectivity index (χ3n) is 3.09. The van der Waals surface area contributed by atoms with E-state index in [9.17, 15) is 0 Å². The molecule has 0 saturated carbocycles. The molecule has 1 aromatic heterocycles. The summed E-state index contributed by atoms with van der Waals surface area (Å²) in [5.74, 6) is 0.976. The second-order valence-electron chi connectivity index (χ2n) is 4.35. The number of anilines is 1. The molecule has 0 bridgehead atoms. The van der Waals surface area contributed by atoms with Crippen LogP contribution in [0.15, 0.2) is 41.0 Å². The Morgan fingerprint density at radius 1 is 1.24 bits per heavy atom. The molecule has 3 rings (SSSR count). The lowest BCUT2D eigenvalue weighted by Crippen LogP contribution is -2.12. The van der Waals surface area contributed by atoms with Crippen LogP contribution >= 0.6 is 0 Å². The molecule has 1 aromatic carbocycles. The first-order valence-electron chi connectivity index (χ1n) is 6.00. The molecular formula is C14H16N2O. The van der Waals surface area contributed by atoms with Crippen molar-refractivity contribution in [2.45, 2.75) is 19.5 Å². The van der Waals surface area contributed by atoms with E-state index in [1.54, 1.807) is 6.26 Å². The number of benzene rings is 1. The van der Waals surface area contributed by atoms with Gasteiger partial charge in [0.25, 0.3) is 0 Å². The summed E-state index contributed by atoms with van der Waals surface area (Å²) in [6.45, 7) is 2.71. The van der Waals surface area contributed by atoms with Crippen molar-refractivity contribution in [3.05, 3.63) is 53.5 Å². The summed E-state index contributed by atoms with van der Waals surface area (Å²) in [5.41, 5.74) is 4.03. The maximum Gasteiger partial charge on any atom is 0.117 e. The molecule has 0 spiro atoms. The lowest BCUT2D eigenvalue weighted by molar-refractivity contribution is 0.483. The van der Waals surface area contributed by atoms with Gasteiger partial charge in [-0.1, -0.05) is 12.1 Å². The molecule has 2 N–H and O–H groups in total. The quantitative estimate of drug-likeness (QED) is 0.844. The summed E-state index contributed by atoms with van der Waals surface area (Å²) in [4.78, 5) is 0. The maximum atomic E-state index is 5.27. The fourth-order valence-electron chi connectivity index (χ4n) is 2.19. The van der Waals surface area contributed by atoms with Crippen LogP contribution in [-0.2, 0) is 19.5 Å². The van der Waals surface area contributed by atoms with Gasteiger partial charge in [-0.2, -0.15) is 0 Å². The minimum Gasteiger partial charge on any atom is -0.468 e. The van der Waals surface area contributed by atoms with Gasteiger partial charge in [0.1, 0.15) is 5.76 Å². The van der Waals surface area contributed by atoms with Gasteiger partial charge in [-0.05, 0) is 35.7 Å². The van der Waals surface area contributed by atoms with E-state index >= 15 is 0 Å². The second kappa shape index (κ2) is 4.63. The second-order valence-corrected chi connectivity index (χ2v) is 4.35. The van der Waals surface area contributed by atoms with E-state index in [1.807, 2.05) is 12.1 Å². The zero-order valence-electron chi connectivity index (χ0n) is 9.70. The van der Waals surface area contributed by atoms with Crippen LogP contribution in [0.4, 0.5) is 5.69 Å². The summed E-state index contributed by atoms with van der Waals surface area (Å²) >= 11 is 0. The molecule has 0 fully saturated rings. The van der Waals surface area contributed by atoms with E-state index in [2.05, 4.69) is 28.8 Å². The molecule has 0 radical (unpaired) electrons. The molecule has 0 aliphatic carbocycles. The Hall–Kier alpha value is -1.74. The third kappa shape index (κ3) is 2.34. The lowest BCUT2D eigenvalue weighted by Gasteiger charge is -2.06. The average molecular weight is 228 g/mol. The maximum absolute atomic E-state index is 5.27. The topological polar surface area (TPSA) is 37.2 Å². The monoisotopic (exact) mass is 228 g/mol. The predicted octanol–water partition coefficient (Wildman–Crippen LogP) is 2.54. The molecule has 0 amide bonds. The van der Waals surface area contributed by atoms with Gasteiger partial charge in [-0.3, -0.25) is 0 Å². The first-order chi connectivity index (χ1) is 8.42. The third-order valence-corrected chi connectivity index (χ3v) is 3.09. The van der Waals surface area contributed by atoms with Crippen molar-refractivity contribution in [1.82, 2.24) is 5.32 Å². The van der Waals surface area contributed by atoms with Crippen molar-refractivity contribution in [1.29, 1.82) is 0 Å². The van der Waals surface area contributed by atoms with E-state index in [1.165, 1.54) is 16.8 Å². The highest BCUT2D eigenvalue weighted by Gasteiger charge is 2.09. The van der Waals surface area contributed by atoms with Gasteiger partial charge in [0.15, 0.2) is 0 Å². The van der Waals surface area contributed by atoms with Crippen LogP contribution in [0.25, 0.3) is 0 Å². The number of rotatable bonds is 4. The van der Waals surface area contributed by atoms with Gasteiger partial charge in [-0.15, -0.1) is 0 Å². The van der Waals surface area contributed by atoms with Crippen molar-refractivity contribution >= 4 is 5.69 Å². The fraction of sp³-hybridized carbons (Fsp3) is 0.286. The van der Waals surface area contributed by atoms with Crippen LogP contribution in [0.5, 0.6) is 0 Å². The molecule has 3 nitrogen and oxygen atoms in total. The molecule has 0 atom stereocenters. The molecule has 3 heteroatoms. The molecule has 1 aliphatic heterocycles. The summed E-state index contributed by atoms with van der Waals surface area (Å²) in [5, 5.41) is 6.77. The van der Waals surface area contributed by atoms with Gasteiger partial charge in [0.2, 0.25) is 0 Å². The molecule has 17 heavy (non-hydrogen) atoms. The van der Waals surface area contributed by atoms with Crippen LogP contribution in [-0.4, -0.2) is 6.54 Å². The van der Waals surface area contributed by atoms with E-state index in [-0.39, 0.29) is 0 Å². The van der Waals surface area contributed by atoms with Gasteiger partial charge in [0.05, 0.1) is 12.8 Å². The fourth-order valence-corrected chi connectivity index (χ4v) is 2.19. The summed E-state index contributed by atoms with van der Waals surface area (Å²) < 4.78 is 5.27. The Balaban J connectivity index is 1.58. The zero-order valence-corrected chi connectivity index (χ0v) is 9.70. The molecule has 2 heterocycles. The minimum absolute atomic E-state index is 0.775. The van der Waals surface area contributed by atoms with Gasteiger partial charge < -0.3 is 15.1 Å². The highest BCUT2D eigenvalue weighted by atomic mass is 16.3. The molecule has 2 aromatic rings. The zero-order chi connectivity index (χ0) is 11.5. The molecule has 0 saturated heterocycles. The first kappa shape index (κ1) is 10.4.